The Morgan fingerprint density at radius 2 is 1.96 bits per heavy atom. The first-order valence-corrected chi connectivity index (χ1v) is 9.36. The smallest absolute Gasteiger partial charge is 0.191 e. The van der Waals surface area contributed by atoms with Gasteiger partial charge in [-0.15, -0.1) is 24.0 Å². The average molecular weight is 480 g/mol. The van der Waals surface area contributed by atoms with E-state index in [2.05, 4.69) is 43.5 Å². The summed E-state index contributed by atoms with van der Waals surface area (Å²) in [6, 6.07) is 8.55. The van der Waals surface area contributed by atoms with Crippen molar-refractivity contribution < 1.29 is 4.74 Å². The van der Waals surface area contributed by atoms with E-state index >= 15 is 0 Å². The maximum Gasteiger partial charge on any atom is 0.191 e. The molecule has 1 fully saturated rings. The Morgan fingerprint density at radius 3 is 2.56 bits per heavy atom. The molecule has 1 heterocycles. The van der Waals surface area contributed by atoms with Gasteiger partial charge in [-0.05, 0) is 44.7 Å². The molecule has 142 valence electrons. The van der Waals surface area contributed by atoms with Gasteiger partial charge in [0.2, 0.25) is 0 Å². The van der Waals surface area contributed by atoms with Crippen LogP contribution in [0, 0.1) is 0 Å². The number of benzene rings is 1. The number of hydrogen-bond donors (Lipinski definition) is 2. The van der Waals surface area contributed by atoms with Crippen molar-refractivity contribution >= 4 is 41.5 Å². The molecule has 1 aliphatic rings. The van der Waals surface area contributed by atoms with Crippen LogP contribution in [0.3, 0.4) is 0 Å². The van der Waals surface area contributed by atoms with Gasteiger partial charge in [0, 0.05) is 36.2 Å². The predicted molar refractivity (Wildman–Crippen MR) is 117 cm³/mol. The Bertz CT molecular complexity index is 547. The van der Waals surface area contributed by atoms with Gasteiger partial charge in [0.1, 0.15) is 0 Å². The van der Waals surface area contributed by atoms with E-state index in [4.69, 9.17) is 21.3 Å². The van der Waals surface area contributed by atoms with E-state index in [1.54, 1.807) is 0 Å². The molecule has 6 heteroatoms. The lowest BCUT2D eigenvalue weighted by Gasteiger charge is -2.37. The molecule has 0 amide bonds. The van der Waals surface area contributed by atoms with Crippen molar-refractivity contribution in [2.24, 2.45) is 4.99 Å². The SMILES string of the molecule is CCNC(=NCC1(c2ccccc2Cl)CCOCC1)NC(C)CC.I. The Labute approximate surface area is 174 Å². The summed E-state index contributed by atoms with van der Waals surface area (Å²) >= 11 is 6.51. The Kier molecular flexibility index (Phi) is 10.1. The fourth-order valence-electron chi connectivity index (χ4n) is 3.05. The van der Waals surface area contributed by atoms with Gasteiger partial charge in [0.05, 0.1) is 6.54 Å². The van der Waals surface area contributed by atoms with Crippen molar-refractivity contribution in [1.29, 1.82) is 0 Å². The van der Waals surface area contributed by atoms with E-state index in [1.807, 2.05) is 12.1 Å². The first-order valence-electron chi connectivity index (χ1n) is 8.99. The summed E-state index contributed by atoms with van der Waals surface area (Å²) < 4.78 is 5.60. The highest BCUT2D eigenvalue weighted by Gasteiger charge is 2.36. The summed E-state index contributed by atoms with van der Waals surface area (Å²) in [7, 11) is 0. The molecule has 1 aliphatic heterocycles. The quantitative estimate of drug-likeness (QED) is 0.362. The molecule has 0 radical (unpaired) electrons. The second-order valence-electron chi connectivity index (χ2n) is 6.52. The van der Waals surface area contributed by atoms with E-state index < -0.39 is 0 Å². The highest BCUT2D eigenvalue weighted by Crippen LogP contribution is 2.38. The fraction of sp³-hybridized carbons (Fsp3) is 0.632. The summed E-state index contributed by atoms with van der Waals surface area (Å²) in [4.78, 5) is 4.89. The van der Waals surface area contributed by atoms with Crippen LogP contribution in [0.25, 0.3) is 0 Å². The number of guanidine groups is 1. The van der Waals surface area contributed by atoms with Crippen LogP contribution in [-0.2, 0) is 10.2 Å². The van der Waals surface area contributed by atoms with Gasteiger partial charge in [-0.2, -0.15) is 0 Å². The van der Waals surface area contributed by atoms with Crippen molar-refractivity contribution in [1.82, 2.24) is 10.6 Å². The summed E-state index contributed by atoms with van der Waals surface area (Å²) in [5, 5.41) is 7.64. The third-order valence-corrected chi connectivity index (χ3v) is 5.10. The van der Waals surface area contributed by atoms with Gasteiger partial charge in [0.25, 0.3) is 0 Å². The lowest BCUT2D eigenvalue weighted by molar-refractivity contribution is 0.0531. The van der Waals surface area contributed by atoms with Crippen LogP contribution in [0.1, 0.15) is 45.6 Å². The van der Waals surface area contributed by atoms with Gasteiger partial charge >= 0.3 is 0 Å². The first-order chi connectivity index (χ1) is 11.6. The van der Waals surface area contributed by atoms with Crippen molar-refractivity contribution in [3.63, 3.8) is 0 Å². The van der Waals surface area contributed by atoms with Crippen LogP contribution in [0.15, 0.2) is 29.3 Å². The zero-order valence-electron chi connectivity index (χ0n) is 15.5. The number of aliphatic imine (C=N–C) groups is 1. The summed E-state index contributed by atoms with van der Waals surface area (Å²) in [5.74, 6) is 0.879. The van der Waals surface area contributed by atoms with E-state index in [-0.39, 0.29) is 29.4 Å². The van der Waals surface area contributed by atoms with Gasteiger partial charge < -0.3 is 15.4 Å². The normalized spacial score (nSPS) is 18.2. The van der Waals surface area contributed by atoms with Crippen LogP contribution in [-0.4, -0.2) is 38.3 Å². The van der Waals surface area contributed by atoms with Crippen molar-refractivity contribution in [3.05, 3.63) is 34.9 Å². The third-order valence-electron chi connectivity index (χ3n) is 4.77. The molecule has 0 bridgehead atoms. The number of ether oxygens (including phenoxy) is 1. The van der Waals surface area contributed by atoms with Crippen LogP contribution < -0.4 is 10.6 Å². The van der Waals surface area contributed by atoms with Crippen LogP contribution in [0.5, 0.6) is 0 Å². The van der Waals surface area contributed by atoms with Crippen LogP contribution >= 0.6 is 35.6 Å². The molecule has 0 aromatic heterocycles. The maximum absolute atomic E-state index is 6.51. The molecule has 1 saturated heterocycles. The fourth-order valence-corrected chi connectivity index (χ4v) is 3.39. The average Bonchev–Trinajstić information content (AvgIpc) is 2.61. The molecule has 0 spiro atoms. The Morgan fingerprint density at radius 1 is 1.28 bits per heavy atom. The molecule has 1 aromatic carbocycles. The van der Waals surface area contributed by atoms with E-state index in [9.17, 15) is 0 Å². The highest BCUT2D eigenvalue weighted by atomic mass is 127. The molecule has 1 atom stereocenters. The molecule has 2 N–H and O–H groups in total. The van der Waals surface area contributed by atoms with E-state index in [0.717, 1.165) is 50.0 Å². The van der Waals surface area contributed by atoms with Crippen molar-refractivity contribution in [2.45, 2.75) is 51.5 Å². The topological polar surface area (TPSA) is 45.7 Å². The maximum atomic E-state index is 6.51. The molecule has 1 aromatic rings. The second kappa shape index (κ2) is 11.2. The molecule has 0 aliphatic carbocycles. The number of nitrogens with zero attached hydrogens (tertiary/aromatic N) is 1. The number of nitrogens with one attached hydrogen (secondary N) is 2. The summed E-state index contributed by atoms with van der Waals surface area (Å²) in [6.07, 6.45) is 2.96. The predicted octanol–water partition coefficient (Wildman–Crippen LogP) is 4.36. The molecular weight excluding hydrogens is 449 g/mol. The molecule has 1 unspecified atom stereocenters. The molecule has 2 rings (SSSR count). The zero-order chi connectivity index (χ0) is 17.4. The molecule has 0 saturated carbocycles. The standard InChI is InChI=1S/C19H30ClN3O.HI/c1-4-15(3)23-18(21-5-2)22-14-19(10-12-24-13-11-19)16-8-6-7-9-17(16)20;/h6-9,15H,4-5,10-14H2,1-3H3,(H2,21,22,23);1H. The third kappa shape index (κ3) is 6.29. The minimum atomic E-state index is -0.0472. The summed E-state index contributed by atoms with van der Waals surface area (Å²) in [5.41, 5.74) is 1.15. The minimum Gasteiger partial charge on any atom is -0.381 e. The lowest BCUT2D eigenvalue weighted by atomic mass is 9.74. The van der Waals surface area contributed by atoms with Gasteiger partial charge in [-0.3, -0.25) is 4.99 Å². The van der Waals surface area contributed by atoms with Gasteiger partial charge in [-0.1, -0.05) is 36.7 Å². The zero-order valence-corrected chi connectivity index (χ0v) is 18.6. The van der Waals surface area contributed by atoms with E-state index in [1.165, 1.54) is 5.56 Å². The minimum absolute atomic E-state index is 0. The van der Waals surface area contributed by atoms with Crippen molar-refractivity contribution in [3.8, 4) is 0 Å². The number of halogens is 2. The highest BCUT2D eigenvalue weighted by molar-refractivity contribution is 14.0. The monoisotopic (exact) mass is 479 g/mol. The van der Waals surface area contributed by atoms with Crippen LogP contribution in [0.2, 0.25) is 5.02 Å². The molecule has 4 nitrogen and oxygen atoms in total. The number of hydrogen-bond acceptors (Lipinski definition) is 2. The van der Waals surface area contributed by atoms with Crippen LogP contribution in [0.4, 0.5) is 0 Å². The van der Waals surface area contributed by atoms with Gasteiger partial charge in [-0.25, -0.2) is 0 Å². The first kappa shape index (κ1) is 22.5. The van der Waals surface area contributed by atoms with E-state index in [0.29, 0.717) is 12.6 Å². The second-order valence-corrected chi connectivity index (χ2v) is 6.93. The van der Waals surface area contributed by atoms with Crippen molar-refractivity contribution in [2.75, 3.05) is 26.3 Å². The Balaban J connectivity index is 0.00000312. The Hall–Kier alpha value is -0.530. The summed E-state index contributed by atoms with van der Waals surface area (Å²) in [6.45, 7) is 9.52. The van der Waals surface area contributed by atoms with Gasteiger partial charge in [0.15, 0.2) is 5.96 Å². The molecule has 25 heavy (non-hydrogen) atoms. The lowest BCUT2D eigenvalue weighted by Crippen LogP contribution is -2.44. The molecular formula is C19H31ClIN3O. The largest absolute Gasteiger partial charge is 0.381 e. The number of rotatable bonds is 6.